The van der Waals surface area contributed by atoms with Crippen molar-refractivity contribution >= 4 is 33.8 Å². The number of carbonyl (C=O) groups excluding carboxylic acids is 2. The minimum Gasteiger partial charge on any atom is -0.497 e. The van der Waals surface area contributed by atoms with Crippen molar-refractivity contribution in [3.63, 3.8) is 0 Å². The van der Waals surface area contributed by atoms with Gasteiger partial charge < -0.3 is 4.74 Å². The summed E-state index contributed by atoms with van der Waals surface area (Å²) in [5, 5.41) is 0. The van der Waals surface area contributed by atoms with E-state index in [2.05, 4.69) is 26.8 Å². The van der Waals surface area contributed by atoms with Crippen LogP contribution in [0, 0.1) is 0 Å². The smallest absolute Gasteiger partial charge is 0.269 e. The Labute approximate surface area is 142 Å². The Bertz CT molecular complexity index is 727. The third-order valence-electron chi connectivity index (χ3n) is 2.93. The first-order valence-electron chi connectivity index (χ1n) is 6.76. The van der Waals surface area contributed by atoms with Crippen LogP contribution >= 0.6 is 15.9 Å². The Morgan fingerprint density at radius 2 is 1.83 bits per heavy atom. The lowest BCUT2D eigenvalue weighted by Crippen LogP contribution is -2.40. The SMILES string of the molecule is COc1cccc(/C=C/C(=O)NNC(=O)c2ccc(Br)cc2)c1. The monoisotopic (exact) mass is 374 g/mol. The summed E-state index contributed by atoms with van der Waals surface area (Å²) in [5.41, 5.74) is 5.94. The molecule has 0 unspecified atom stereocenters. The highest BCUT2D eigenvalue weighted by atomic mass is 79.9. The largest absolute Gasteiger partial charge is 0.497 e. The predicted molar refractivity (Wildman–Crippen MR) is 91.8 cm³/mol. The number of methoxy groups -OCH3 is 1. The van der Waals surface area contributed by atoms with Crippen LogP contribution < -0.4 is 15.6 Å². The molecule has 2 rings (SSSR count). The molecule has 0 saturated heterocycles. The number of hydrazine groups is 1. The Kier molecular flexibility index (Phi) is 5.94. The zero-order valence-electron chi connectivity index (χ0n) is 12.4. The molecule has 0 saturated carbocycles. The molecule has 0 heterocycles. The molecular formula is C17H15BrN2O3. The number of carbonyl (C=O) groups is 2. The van der Waals surface area contributed by atoms with E-state index < -0.39 is 5.91 Å². The van der Waals surface area contributed by atoms with Crippen molar-refractivity contribution in [2.24, 2.45) is 0 Å². The van der Waals surface area contributed by atoms with Crippen molar-refractivity contribution in [2.75, 3.05) is 7.11 Å². The first-order valence-corrected chi connectivity index (χ1v) is 7.56. The fourth-order valence-electron chi connectivity index (χ4n) is 1.75. The van der Waals surface area contributed by atoms with E-state index in [0.29, 0.717) is 11.3 Å². The lowest BCUT2D eigenvalue weighted by Gasteiger charge is -2.05. The maximum absolute atomic E-state index is 11.8. The number of hydrogen-bond donors (Lipinski definition) is 2. The maximum atomic E-state index is 11.8. The van der Waals surface area contributed by atoms with Gasteiger partial charge in [0.25, 0.3) is 11.8 Å². The number of benzene rings is 2. The Morgan fingerprint density at radius 3 is 2.52 bits per heavy atom. The molecule has 2 amide bonds. The van der Waals surface area contributed by atoms with Gasteiger partial charge in [0.05, 0.1) is 7.11 Å². The van der Waals surface area contributed by atoms with E-state index in [1.165, 1.54) is 6.08 Å². The van der Waals surface area contributed by atoms with E-state index >= 15 is 0 Å². The van der Waals surface area contributed by atoms with Crippen molar-refractivity contribution in [2.45, 2.75) is 0 Å². The molecule has 0 aliphatic carbocycles. The van der Waals surface area contributed by atoms with E-state index in [-0.39, 0.29) is 5.91 Å². The van der Waals surface area contributed by atoms with Gasteiger partial charge in [-0.25, -0.2) is 0 Å². The quantitative estimate of drug-likeness (QED) is 0.638. The second kappa shape index (κ2) is 8.14. The van der Waals surface area contributed by atoms with Gasteiger partial charge in [-0.1, -0.05) is 28.1 Å². The number of rotatable bonds is 4. The van der Waals surface area contributed by atoms with Crippen LogP contribution in [0.3, 0.4) is 0 Å². The maximum Gasteiger partial charge on any atom is 0.269 e. The molecule has 2 aromatic rings. The minimum absolute atomic E-state index is 0.388. The standard InChI is InChI=1S/C17H15BrN2O3/c1-23-15-4-2-3-12(11-15)5-10-16(21)19-20-17(22)13-6-8-14(18)9-7-13/h2-11H,1H3,(H,19,21)(H,20,22)/b10-5+. The molecule has 2 N–H and O–H groups in total. The van der Waals surface area contributed by atoms with Gasteiger partial charge in [-0.2, -0.15) is 0 Å². The van der Waals surface area contributed by atoms with Crippen molar-refractivity contribution in [3.8, 4) is 5.75 Å². The molecule has 0 aliphatic rings. The zero-order valence-corrected chi connectivity index (χ0v) is 14.0. The summed E-state index contributed by atoms with van der Waals surface area (Å²) in [5.74, 6) is -0.116. The Hall–Kier alpha value is -2.60. The van der Waals surface area contributed by atoms with Crippen LogP contribution in [-0.4, -0.2) is 18.9 Å². The highest BCUT2D eigenvalue weighted by Gasteiger charge is 2.05. The van der Waals surface area contributed by atoms with E-state index in [0.717, 1.165) is 10.0 Å². The third kappa shape index (κ3) is 5.27. The number of halogens is 1. The number of amides is 2. The van der Waals surface area contributed by atoms with Crippen LogP contribution in [-0.2, 0) is 4.79 Å². The van der Waals surface area contributed by atoms with Crippen LogP contribution in [0.5, 0.6) is 5.75 Å². The van der Waals surface area contributed by atoms with Crippen LogP contribution in [0.2, 0.25) is 0 Å². The lowest BCUT2D eigenvalue weighted by atomic mass is 10.2. The number of nitrogens with one attached hydrogen (secondary N) is 2. The molecule has 6 heteroatoms. The van der Waals surface area contributed by atoms with Gasteiger partial charge in [0.1, 0.15) is 5.75 Å². The van der Waals surface area contributed by atoms with Crippen LogP contribution in [0.1, 0.15) is 15.9 Å². The van der Waals surface area contributed by atoms with Crippen molar-refractivity contribution in [1.29, 1.82) is 0 Å². The fraction of sp³-hybridized carbons (Fsp3) is 0.0588. The first kappa shape index (κ1) is 16.8. The van der Waals surface area contributed by atoms with E-state index in [1.54, 1.807) is 43.5 Å². The van der Waals surface area contributed by atoms with Crippen molar-refractivity contribution in [3.05, 3.63) is 70.2 Å². The average Bonchev–Trinajstić information content (AvgIpc) is 2.58. The van der Waals surface area contributed by atoms with Gasteiger partial charge in [-0.3, -0.25) is 20.4 Å². The summed E-state index contributed by atoms with van der Waals surface area (Å²) in [6.45, 7) is 0. The summed E-state index contributed by atoms with van der Waals surface area (Å²) >= 11 is 3.29. The molecule has 0 fully saturated rings. The van der Waals surface area contributed by atoms with E-state index in [4.69, 9.17) is 4.74 Å². The molecule has 23 heavy (non-hydrogen) atoms. The highest BCUT2D eigenvalue weighted by molar-refractivity contribution is 9.10. The third-order valence-corrected chi connectivity index (χ3v) is 3.46. The molecule has 0 aliphatic heterocycles. The molecule has 118 valence electrons. The van der Waals surface area contributed by atoms with Crippen LogP contribution in [0.25, 0.3) is 6.08 Å². The molecule has 5 nitrogen and oxygen atoms in total. The van der Waals surface area contributed by atoms with Gasteiger partial charge in [0.15, 0.2) is 0 Å². The topological polar surface area (TPSA) is 67.4 Å². The van der Waals surface area contributed by atoms with Crippen LogP contribution in [0.4, 0.5) is 0 Å². The van der Waals surface area contributed by atoms with Gasteiger partial charge in [0.2, 0.25) is 0 Å². The molecular weight excluding hydrogens is 360 g/mol. The fourth-order valence-corrected chi connectivity index (χ4v) is 2.01. The zero-order chi connectivity index (χ0) is 16.7. The summed E-state index contributed by atoms with van der Waals surface area (Å²) in [6, 6.07) is 14.1. The number of hydrogen-bond acceptors (Lipinski definition) is 3. The van der Waals surface area contributed by atoms with Gasteiger partial charge in [0, 0.05) is 16.1 Å². The molecule has 0 radical (unpaired) electrons. The molecule has 0 bridgehead atoms. The lowest BCUT2D eigenvalue weighted by molar-refractivity contribution is -0.117. The average molecular weight is 375 g/mol. The highest BCUT2D eigenvalue weighted by Crippen LogP contribution is 2.13. The minimum atomic E-state index is -0.432. The predicted octanol–water partition coefficient (Wildman–Crippen LogP) is 2.93. The normalized spacial score (nSPS) is 10.3. The molecule has 2 aromatic carbocycles. The first-order chi connectivity index (χ1) is 11.1. The van der Waals surface area contributed by atoms with Gasteiger partial charge in [-0.15, -0.1) is 0 Å². The van der Waals surface area contributed by atoms with Crippen molar-refractivity contribution in [1.82, 2.24) is 10.9 Å². The Morgan fingerprint density at radius 1 is 1.09 bits per heavy atom. The summed E-state index contributed by atoms with van der Waals surface area (Å²) in [7, 11) is 1.58. The summed E-state index contributed by atoms with van der Waals surface area (Å²) in [4.78, 5) is 23.5. The molecule has 0 spiro atoms. The summed E-state index contributed by atoms with van der Waals surface area (Å²) in [6.07, 6.45) is 2.96. The van der Waals surface area contributed by atoms with Crippen LogP contribution in [0.15, 0.2) is 59.1 Å². The molecule has 0 atom stereocenters. The van der Waals surface area contributed by atoms with Crippen molar-refractivity contribution < 1.29 is 14.3 Å². The second-order valence-corrected chi connectivity index (χ2v) is 5.48. The van der Waals surface area contributed by atoms with Gasteiger partial charge in [-0.05, 0) is 48.0 Å². The molecule has 0 aromatic heterocycles. The van der Waals surface area contributed by atoms with E-state index in [1.807, 2.05) is 18.2 Å². The Balaban J connectivity index is 1.88. The van der Waals surface area contributed by atoms with Gasteiger partial charge >= 0.3 is 0 Å². The van der Waals surface area contributed by atoms with E-state index in [9.17, 15) is 9.59 Å². The second-order valence-electron chi connectivity index (χ2n) is 4.56. The summed E-state index contributed by atoms with van der Waals surface area (Å²) < 4.78 is 5.98. The number of ether oxygens (including phenoxy) is 1.